The standard InChI is InChI=1S/C14H18Cl2N2O.ClH/c1-9-8-17-5-4-13(9)18-14(19)7-10-2-3-11(15)12(16)6-10;/h2-3,6,9,13,17H,4-5,7-8H2,1H3,(H,18,19);1H. The Kier molecular flexibility index (Phi) is 7.10. The first-order chi connectivity index (χ1) is 9.06. The lowest BCUT2D eigenvalue weighted by molar-refractivity contribution is -0.121. The SMILES string of the molecule is CC1CNCCC1NC(=O)Cc1ccc(Cl)c(Cl)c1.Cl. The van der Waals surface area contributed by atoms with Crippen LogP contribution in [0, 0.1) is 5.92 Å². The molecular weight excluding hydrogens is 319 g/mol. The minimum atomic E-state index is 0. The third-order valence-electron chi connectivity index (χ3n) is 3.48. The number of carbonyl (C=O) groups is 1. The summed E-state index contributed by atoms with van der Waals surface area (Å²) in [7, 11) is 0. The normalized spacial score (nSPS) is 21.9. The summed E-state index contributed by atoms with van der Waals surface area (Å²) in [6.07, 6.45) is 1.32. The molecule has 2 unspecified atom stereocenters. The van der Waals surface area contributed by atoms with Crippen LogP contribution in [0.5, 0.6) is 0 Å². The van der Waals surface area contributed by atoms with Crippen molar-refractivity contribution in [3.8, 4) is 0 Å². The molecule has 0 spiro atoms. The van der Waals surface area contributed by atoms with E-state index in [9.17, 15) is 4.79 Å². The third-order valence-corrected chi connectivity index (χ3v) is 4.22. The number of nitrogens with one attached hydrogen (secondary N) is 2. The number of rotatable bonds is 3. The molecule has 2 atom stereocenters. The maximum absolute atomic E-state index is 12.0. The lowest BCUT2D eigenvalue weighted by atomic mass is 9.95. The summed E-state index contributed by atoms with van der Waals surface area (Å²) in [6.45, 7) is 4.07. The van der Waals surface area contributed by atoms with Crippen LogP contribution < -0.4 is 10.6 Å². The van der Waals surface area contributed by atoms with Gasteiger partial charge in [0.1, 0.15) is 0 Å². The van der Waals surface area contributed by atoms with E-state index in [0.717, 1.165) is 25.1 Å². The van der Waals surface area contributed by atoms with Gasteiger partial charge in [-0.15, -0.1) is 12.4 Å². The second-order valence-corrected chi connectivity index (χ2v) is 5.88. The number of halogens is 3. The second-order valence-electron chi connectivity index (χ2n) is 5.07. The number of hydrogen-bond acceptors (Lipinski definition) is 2. The number of benzene rings is 1. The Morgan fingerprint density at radius 1 is 1.40 bits per heavy atom. The highest BCUT2D eigenvalue weighted by atomic mass is 35.5. The molecule has 1 aromatic carbocycles. The van der Waals surface area contributed by atoms with E-state index in [1.807, 2.05) is 6.07 Å². The van der Waals surface area contributed by atoms with Crippen LogP contribution in [0.1, 0.15) is 18.9 Å². The molecule has 1 aromatic rings. The van der Waals surface area contributed by atoms with E-state index in [1.165, 1.54) is 0 Å². The first kappa shape index (κ1) is 17.6. The van der Waals surface area contributed by atoms with Crippen LogP contribution in [0.15, 0.2) is 18.2 Å². The van der Waals surface area contributed by atoms with Gasteiger partial charge in [0.2, 0.25) is 5.91 Å². The van der Waals surface area contributed by atoms with E-state index in [1.54, 1.807) is 12.1 Å². The quantitative estimate of drug-likeness (QED) is 0.890. The zero-order chi connectivity index (χ0) is 13.8. The van der Waals surface area contributed by atoms with E-state index >= 15 is 0 Å². The fraction of sp³-hybridized carbons (Fsp3) is 0.500. The molecule has 1 saturated heterocycles. The molecule has 1 aliphatic rings. The highest BCUT2D eigenvalue weighted by Crippen LogP contribution is 2.22. The highest BCUT2D eigenvalue weighted by molar-refractivity contribution is 6.42. The number of carbonyl (C=O) groups excluding carboxylic acids is 1. The molecule has 1 amide bonds. The van der Waals surface area contributed by atoms with E-state index < -0.39 is 0 Å². The van der Waals surface area contributed by atoms with Crippen LogP contribution in [0.3, 0.4) is 0 Å². The monoisotopic (exact) mass is 336 g/mol. The molecule has 2 rings (SSSR count). The average Bonchev–Trinajstić information content (AvgIpc) is 2.37. The van der Waals surface area contributed by atoms with Gasteiger partial charge in [0, 0.05) is 6.04 Å². The Labute approximate surface area is 135 Å². The molecule has 3 nitrogen and oxygen atoms in total. The molecule has 112 valence electrons. The summed E-state index contributed by atoms with van der Waals surface area (Å²) in [4.78, 5) is 12.0. The van der Waals surface area contributed by atoms with Crippen LogP contribution in [-0.4, -0.2) is 25.0 Å². The third kappa shape index (κ3) is 4.81. The lowest BCUT2D eigenvalue weighted by Gasteiger charge is -2.30. The van der Waals surface area contributed by atoms with Gasteiger partial charge in [0.15, 0.2) is 0 Å². The fourth-order valence-corrected chi connectivity index (χ4v) is 2.64. The predicted molar refractivity (Wildman–Crippen MR) is 86.0 cm³/mol. The Hall–Kier alpha value is -0.480. The first-order valence-electron chi connectivity index (χ1n) is 6.50. The van der Waals surface area contributed by atoms with Crippen LogP contribution in [0.25, 0.3) is 0 Å². The molecule has 1 heterocycles. The first-order valence-corrected chi connectivity index (χ1v) is 7.26. The molecule has 20 heavy (non-hydrogen) atoms. The molecule has 0 radical (unpaired) electrons. The smallest absolute Gasteiger partial charge is 0.224 e. The van der Waals surface area contributed by atoms with Crippen molar-refractivity contribution >= 4 is 41.5 Å². The van der Waals surface area contributed by atoms with Crippen molar-refractivity contribution in [2.75, 3.05) is 13.1 Å². The van der Waals surface area contributed by atoms with Crippen LogP contribution in [0.2, 0.25) is 10.0 Å². The largest absolute Gasteiger partial charge is 0.353 e. The van der Waals surface area contributed by atoms with Crippen LogP contribution >= 0.6 is 35.6 Å². The van der Waals surface area contributed by atoms with Crippen molar-refractivity contribution < 1.29 is 4.79 Å². The van der Waals surface area contributed by atoms with Crippen LogP contribution in [-0.2, 0) is 11.2 Å². The molecule has 0 saturated carbocycles. The Balaban J connectivity index is 0.00000200. The molecule has 6 heteroatoms. The van der Waals surface area contributed by atoms with Crippen molar-refractivity contribution in [3.63, 3.8) is 0 Å². The number of piperidine rings is 1. The summed E-state index contributed by atoms with van der Waals surface area (Å²) in [5.74, 6) is 0.503. The zero-order valence-corrected chi connectivity index (χ0v) is 13.6. The zero-order valence-electron chi connectivity index (χ0n) is 11.3. The van der Waals surface area contributed by atoms with Crippen molar-refractivity contribution in [1.82, 2.24) is 10.6 Å². The van der Waals surface area contributed by atoms with Crippen LogP contribution in [0.4, 0.5) is 0 Å². The average molecular weight is 338 g/mol. The van der Waals surface area contributed by atoms with Crippen molar-refractivity contribution in [1.29, 1.82) is 0 Å². The molecular formula is C14H19Cl3N2O. The second kappa shape index (κ2) is 8.08. The topological polar surface area (TPSA) is 41.1 Å². The van der Waals surface area contributed by atoms with Gasteiger partial charge in [-0.05, 0) is 43.1 Å². The van der Waals surface area contributed by atoms with Gasteiger partial charge < -0.3 is 10.6 Å². The number of amides is 1. The summed E-state index contributed by atoms with van der Waals surface area (Å²) in [5, 5.41) is 7.41. The van der Waals surface area contributed by atoms with Gasteiger partial charge in [-0.25, -0.2) is 0 Å². The van der Waals surface area contributed by atoms with Gasteiger partial charge >= 0.3 is 0 Å². The predicted octanol–water partition coefficient (Wildman–Crippen LogP) is 3.07. The van der Waals surface area contributed by atoms with Gasteiger partial charge in [0.25, 0.3) is 0 Å². The van der Waals surface area contributed by atoms with E-state index in [2.05, 4.69) is 17.6 Å². The Morgan fingerprint density at radius 3 is 2.80 bits per heavy atom. The summed E-state index contributed by atoms with van der Waals surface area (Å²) < 4.78 is 0. The minimum Gasteiger partial charge on any atom is -0.353 e. The lowest BCUT2D eigenvalue weighted by Crippen LogP contribution is -2.48. The van der Waals surface area contributed by atoms with E-state index in [0.29, 0.717) is 22.4 Å². The maximum atomic E-state index is 12.0. The summed E-state index contributed by atoms with van der Waals surface area (Å²) in [5.41, 5.74) is 0.883. The van der Waals surface area contributed by atoms with E-state index in [4.69, 9.17) is 23.2 Å². The van der Waals surface area contributed by atoms with Gasteiger partial charge in [-0.2, -0.15) is 0 Å². The Morgan fingerprint density at radius 2 is 2.15 bits per heavy atom. The Bertz CT molecular complexity index is 468. The maximum Gasteiger partial charge on any atom is 0.224 e. The summed E-state index contributed by atoms with van der Waals surface area (Å²) >= 11 is 11.8. The van der Waals surface area contributed by atoms with Gasteiger partial charge in [-0.3, -0.25) is 4.79 Å². The van der Waals surface area contributed by atoms with Crippen molar-refractivity contribution in [2.24, 2.45) is 5.92 Å². The minimum absolute atomic E-state index is 0. The molecule has 1 fully saturated rings. The van der Waals surface area contributed by atoms with Gasteiger partial charge in [0.05, 0.1) is 16.5 Å². The molecule has 0 bridgehead atoms. The molecule has 0 aromatic heterocycles. The molecule has 2 N–H and O–H groups in total. The molecule has 1 aliphatic heterocycles. The summed E-state index contributed by atoms with van der Waals surface area (Å²) in [6, 6.07) is 5.56. The fourth-order valence-electron chi connectivity index (χ4n) is 2.32. The van der Waals surface area contributed by atoms with Crippen molar-refractivity contribution in [3.05, 3.63) is 33.8 Å². The van der Waals surface area contributed by atoms with E-state index in [-0.39, 0.29) is 24.4 Å². The van der Waals surface area contributed by atoms with Crippen molar-refractivity contribution in [2.45, 2.75) is 25.8 Å². The highest BCUT2D eigenvalue weighted by Gasteiger charge is 2.22. The van der Waals surface area contributed by atoms with Gasteiger partial charge in [-0.1, -0.05) is 36.2 Å². The molecule has 0 aliphatic carbocycles. The number of hydrogen-bond donors (Lipinski definition) is 2.